The van der Waals surface area contributed by atoms with Crippen molar-refractivity contribution >= 4 is 37.5 Å². The molecule has 0 aromatic carbocycles. The van der Waals surface area contributed by atoms with E-state index in [9.17, 15) is 0 Å². The Bertz CT molecular complexity index is 77.3. The van der Waals surface area contributed by atoms with E-state index in [1.165, 1.54) is 0 Å². The molecule has 1 atom stereocenters. The summed E-state index contributed by atoms with van der Waals surface area (Å²) in [5.41, 5.74) is 0. The summed E-state index contributed by atoms with van der Waals surface area (Å²) < 4.78 is 4.71. The topological polar surface area (TPSA) is 9.23 Å². The Kier molecular flexibility index (Phi) is 4.96. The minimum absolute atomic E-state index is 0.589. The van der Waals surface area contributed by atoms with Gasteiger partial charge in [0.05, 0.1) is 0 Å². The molecule has 0 radical (unpaired) electrons. The van der Waals surface area contributed by atoms with Crippen LogP contribution in [0.3, 0.4) is 0 Å². The van der Waals surface area contributed by atoms with Crippen molar-refractivity contribution in [2.45, 2.75) is 6.92 Å². The SMILES string of the molecule is B#P(CC)OI. The zero-order chi connectivity index (χ0) is 4.99. The summed E-state index contributed by atoms with van der Waals surface area (Å²) in [4.78, 5) is 0. The van der Waals surface area contributed by atoms with Gasteiger partial charge in [0.1, 0.15) is 0 Å². The zero-order valence-corrected chi connectivity index (χ0v) is 6.57. The molecule has 0 bridgehead atoms. The van der Waals surface area contributed by atoms with E-state index in [0.29, 0.717) is 0 Å². The second-order valence-corrected chi connectivity index (χ2v) is 3.59. The van der Waals surface area contributed by atoms with Crippen LogP contribution in [0.2, 0.25) is 0 Å². The second kappa shape index (κ2) is 4.22. The Hall–Kier alpha value is 1.05. The van der Waals surface area contributed by atoms with E-state index < -0.39 is 7.46 Å². The molecule has 1 nitrogen and oxygen atoms in total. The van der Waals surface area contributed by atoms with Gasteiger partial charge in [-0.15, -0.1) is 0 Å². The Balaban J connectivity index is 3.08. The molecule has 0 aliphatic carbocycles. The van der Waals surface area contributed by atoms with Crippen molar-refractivity contribution in [1.82, 2.24) is 0 Å². The third-order valence-corrected chi connectivity index (χ3v) is 2.72. The van der Waals surface area contributed by atoms with E-state index in [-0.39, 0.29) is 0 Å². The maximum atomic E-state index is 5.31. The van der Waals surface area contributed by atoms with E-state index in [1.54, 1.807) is 0 Å². The molecule has 4 heteroatoms. The summed E-state index contributed by atoms with van der Waals surface area (Å²) in [5.74, 6) is 0. The van der Waals surface area contributed by atoms with Crippen LogP contribution < -0.4 is 0 Å². The normalized spacial score (nSPS) is 11.7. The molecular weight excluding hydrogens is 209 g/mol. The van der Waals surface area contributed by atoms with Crippen LogP contribution in [0.25, 0.3) is 0 Å². The summed E-state index contributed by atoms with van der Waals surface area (Å²) in [6.07, 6.45) is 0.943. The van der Waals surface area contributed by atoms with Crippen LogP contribution in [0.4, 0.5) is 0 Å². The van der Waals surface area contributed by atoms with Crippen molar-refractivity contribution in [3.05, 3.63) is 0 Å². The molecule has 0 saturated heterocycles. The first kappa shape index (κ1) is 7.05. The van der Waals surface area contributed by atoms with Gasteiger partial charge < -0.3 is 0 Å². The molecule has 6 heavy (non-hydrogen) atoms. The summed E-state index contributed by atoms with van der Waals surface area (Å²) in [6, 6.07) is 0. The molecule has 34 valence electrons. The van der Waals surface area contributed by atoms with Crippen molar-refractivity contribution in [1.29, 1.82) is 0 Å². The van der Waals surface area contributed by atoms with Crippen molar-refractivity contribution in [2.75, 3.05) is 6.16 Å². The zero-order valence-electron chi connectivity index (χ0n) is 3.52. The third kappa shape index (κ3) is 3.25. The molecule has 0 heterocycles. The van der Waals surface area contributed by atoms with Crippen LogP contribution in [-0.4, -0.2) is 13.2 Å². The van der Waals surface area contributed by atoms with E-state index >= 15 is 0 Å². The van der Waals surface area contributed by atoms with Crippen molar-refractivity contribution in [2.24, 2.45) is 0 Å². The van der Waals surface area contributed by atoms with Crippen molar-refractivity contribution in [3.63, 3.8) is 0 Å². The van der Waals surface area contributed by atoms with Gasteiger partial charge in [0, 0.05) is 0 Å². The maximum absolute atomic E-state index is 5.31. The van der Waals surface area contributed by atoms with Gasteiger partial charge in [0.15, 0.2) is 0 Å². The van der Waals surface area contributed by atoms with Crippen LogP contribution in [-0.2, 0) is 2.85 Å². The van der Waals surface area contributed by atoms with Gasteiger partial charge in [0.25, 0.3) is 0 Å². The van der Waals surface area contributed by atoms with Gasteiger partial charge in [-0.25, -0.2) is 0 Å². The fourth-order valence-electron chi connectivity index (χ4n) is 0.0488. The van der Waals surface area contributed by atoms with Crippen LogP contribution in [0.1, 0.15) is 6.92 Å². The molecule has 0 rings (SSSR count). The molecule has 0 aromatic heterocycles. The Morgan fingerprint density at radius 2 is 2.50 bits per heavy atom. The molecule has 0 spiro atoms. The molecule has 0 aliphatic rings. The van der Waals surface area contributed by atoms with E-state index in [0.717, 1.165) is 6.16 Å². The Labute approximate surface area is 53.6 Å². The van der Waals surface area contributed by atoms with E-state index in [4.69, 9.17) is 9.86 Å². The fraction of sp³-hybridized carbons (Fsp3) is 1.00. The number of hydrogen-bond donors (Lipinski definition) is 0. The van der Waals surface area contributed by atoms with Gasteiger partial charge in [0.2, 0.25) is 0 Å². The van der Waals surface area contributed by atoms with Gasteiger partial charge in [-0.05, 0) is 0 Å². The molecule has 0 saturated carbocycles. The summed E-state index contributed by atoms with van der Waals surface area (Å²) in [5, 5.41) is 0. The standard InChI is InChI=1S/C2H5BIOP/c1-2-6(3)5-4/h2H2,1H3. The third-order valence-electron chi connectivity index (χ3n) is 0.400. The summed E-state index contributed by atoms with van der Waals surface area (Å²) >= 11 is 1.82. The van der Waals surface area contributed by atoms with Crippen molar-refractivity contribution < 1.29 is 2.85 Å². The van der Waals surface area contributed by atoms with Gasteiger partial charge in [-0.2, -0.15) is 0 Å². The molecule has 1 unspecified atom stereocenters. The summed E-state index contributed by atoms with van der Waals surface area (Å²) in [6.45, 7) is 2.00. The molecule has 0 aromatic rings. The minimum atomic E-state index is -0.589. The number of hydrogen-bond acceptors (Lipinski definition) is 1. The average molecular weight is 214 g/mol. The van der Waals surface area contributed by atoms with Crippen molar-refractivity contribution in [3.8, 4) is 0 Å². The molecular formula is C2H5BIOP. The molecule has 0 N–H and O–H groups in total. The monoisotopic (exact) mass is 214 g/mol. The Morgan fingerprint density at radius 1 is 2.00 bits per heavy atom. The Morgan fingerprint density at radius 3 is 2.50 bits per heavy atom. The summed E-state index contributed by atoms with van der Waals surface area (Å²) in [7, 11) is 4.72. The first-order chi connectivity index (χ1) is 2.81. The average Bonchev–Trinajstić information content (AvgIpc) is 1.65. The quantitative estimate of drug-likeness (QED) is 0.339. The first-order valence-corrected chi connectivity index (χ1v) is 4.01. The van der Waals surface area contributed by atoms with Gasteiger partial charge in [-0.3, -0.25) is 0 Å². The predicted molar refractivity (Wildman–Crippen MR) is 38.3 cm³/mol. The van der Waals surface area contributed by atoms with Crippen LogP contribution in [0.5, 0.6) is 0 Å². The molecule has 0 amide bonds. The number of rotatable bonds is 0. The van der Waals surface area contributed by atoms with Gasteiger partial charge in [-0.1, -0.05) is 0 Å². The second-order valence-electron chi connectivity index (χ2n) is 0.802. The van der Waals surface area contributed by atoms with Gasteiger partial charge >= 0.3 is 53.4 Å². The van der Waals surface area contributed by atoms with E-state index in [1.807, 2.05) is 29.9 Å². The van der Waals surface area contributed by atoms with E-state index in [2.05, 4.69) is 0 Å². The first-order valence-electron chi connectivity index (χ1n) is 1.62. The fourth-order valence-corrected chi connectivity index (χ4v) is 0.982. The molecule has 0 fully saturated rings. The molecule has 0 aliphatic heterocycles. The number of halogens is 1. The van der Waals surface area contributed by atoms with Crippen LogP contribution >= 0.6 is 30.5 Å². The predicted octanol–water partition coefficient (Wildman–Crippen LogP) is 1.85. The van der Waals surface area contributed by atoms with Crippen LogP contribution in [0, 0.1) is 0 Å². The van der Waals surface area contributed by atoms with Crippen LogP contribution in [0.15, 0.2) is 0 Å².